The number of aliphatic carboxylic acids is 1. The molecule has 5 heteroatoms. The molecule has 0 aromatic heterocycles. The third kappa shape index (κ3) is 5.82. The summed E-state index contributed by atoms with van der Waals surface area (Å²) in [7, 11) is 2.07. The smallest absolute Gasteiger partial charge is 0.326 e. The Bertz CT molecular complexity index is 1070. The van der Waals surface area contributed by atoms with Crippen LogP contribution in [0.5, 0.6) is 0 Å². The first-order chi connectivity index (χ1) is 17.2. The highest BCUT2D eigenvalue weighted by atomic mass is 16.4. The van der Waals surface area contributed by atoms with Crippen LogP contribution in [-0.4, -0.2) is 58.5 Å². The maximum absolute atomic E-state index is 14.3. The van der Waals surface area contributed by atoms with Gasteiger partial charge < -0.3 is 10.0 Å². The summed E-state index contributed by atoms with van der Waals surface area (Å²) in [5.74, 6) is 5.01. The van der Waals surface area contributed by atoms with Crippen LogP contribution >= 0.6 is 0 Å². The van der Waals surface area contributed by atoms with Crippen LogP contribution in [-0.2, 0) is 9.59 Å². The van der Waals surface area contributed by atoms with E-state index in [1.165, 1.54) is 0 Å². The maximum Gasteiger partial charge on any atom is 0.326 e. The van der Waals surface area contributed by atoms with Crippen LogP contribution in [0.15, 0.2) is 60.7 Å². The Morgan fingerprint density at radius 3 is 2.11 bits per heavy atom. The Kier molecular flexibility index (Phi) is 7.85. The second-order valence-corrected chi connectivity index (χ2v) is 11.4. The van der Waals surface area contributed by atoms with Crippen molar-refractivity contribution in [2.75, 3.05) is 13.6 Å². The van der Waals surface area contributed by atoms with Crippen molar-refractivity contribution in [3.63, 3.8) is 0 Å². The summed E-state index contributed by atoms with van der Waals surface area (Å²) in [5, 5.41) is 10.4. The van der Waals surface area contributed by atoms with Crippen molar-refractivity contribution < 1.29 is 14.7 Å². The normalized spacial score (nSPS) is 23.8. The van der Waals surface area contributed by atoms with Crippen LogP contribution in [0.1, 0.15) is 63.5 Å². The van der Waals surface area contributed by atoms with Gasteiger partial charge >= 0.3 is 5.97 Å². The fourth-order valence-corrected chi connectivity index (χ4v) is 5.87. The molecule has 2 aliphatic heterocycles. The third-order valence-electron chi connectivity index (χ3n) is 7.56. The molecule has 4 atom stereocenters. The molecule has 5 nitrogen and oxygen atoms in total. The van der Waals surface area contributed by atoms with Gasteiger partial charge in [-0.3, -0.25) is 9.69 Å². The van der Waals surface area contributed by atoms with E-state index in [0.29, 0.717) is 6.54 Å². The van der Waals surface area contributed by atoms with Crippen LogP contribution in [0.3, 0.4) is 0 Å². The summed E-state index contributed by atoms with van der Waals surface area (Å²) in [6.45, 7) is 6.94. The number of piperidine rings is 1. The van der Waals surface area contributed by atoms with E-state index in [1.807, 2.05) is 60.7 Å². The third-order valence-corrected chi connectivity index (χ3v) is 7.56. The molecule has 2 aromatic carbocycles. The lowest BCUT2D eigenvalue weighted by Gasteiger charge is -2.43. The molecule has 0 radical (unpaired) electrons. The number of carboxylic acid groups (broad SMARTS) is 1. The number of benzene rings is 2. The highest BCUT2D eigenvalue weighted by Crippen LogP contribution is 2.42. The molecule has 2 heterocycles. The number of carbonyl (C=O) groups is 2. The van der Waals surface area contributed by atoms with Gasteiger partial charge in [0.25, 0.3) is 0 Å². The molecule has 36 heavy (non-hydrogen) atoms. The zero-order chi connectivity index (χ0) is 25.9. The minimum absolute atomic E-state index is 0.0508. The van der Waals surface area contributed by atoms with Gasteiger partial charge in [0.15, 0.2) is 0 Å². The monoisotopic (exact) mass is 486 g/mol. The van der Waals surface area contributed by atoms with E-state index >= 15 is 0 Å². The molecule has 1 aliphatic carbocycles. The number of nitrogens with zero attached hydrogens (tertiary/aromatic N) is 2. The number of rotatable bonds is 6. The van der Waals surface area contributed by atoms with Gasteiger partial charge in [0.1, 0.15) is 6.04 Å². The summed E-state index contributed by atoms with van der Waals surface area (Å²) < 4.78 is 0. The Labute approximate surface area is 215 Å². The molecule has 0 spiro atoms. The summed E-state index contributed by atoms with van der Waals surface area (Å²) in [6.07, 6.45) is 3.22. The maximum atomic E-state index is 14.3. The van der Waals surface area contributed by atoms with Gasteiger partial charge in [-0.25, -0.2) is 4.79 Å². The fraction of sp³-hybridized carbons (Fsp3) is 0.484. The lowest BCUT2D eigenvalue weighted by atomic mass is 9.83. The molecule has 2 aromatic rings. The number of carboxylic acids is 1. The molecule has 3 fully saturated rings. The predicted molar refractivity (Wildman–Crippen MR) is 142 cm³/mol. The zero-order valence-electron chi connectivity index (χ0n) is 21.9. The minimum Gasteiger partial charge on any atom is -0.480 e. The van der Waals surface area contributed by atoms with Crippen LogP contribution in [0, 0.1) is 23.2 Å². The number of carbonyl (C=O) groups excluding carboxylic acids is 1. The van der Waals surface area contributed by atoms with E-state index in [0.717, 1.165) is 36.8 Å². The average Bonchev–Trinajstić information content (AvgIpc) is 3.15. The van der Waals surface area contributed by atoms with Gasteiger partial charge in [0.2, 0.25) is 5.91 Å². The Balaban J connectivity index is 1.66. The molecule has 1 saturated carbocycles. The lowest BCUT2D eigenvalue weighted by Crippen LogP contribution is -2.57. The summed E-state index contributed by atoms with van der Waals surface area (Å²) >= 11 is 0. The molecule has 2 unspecified atom stereocenters. The van der Waals surface area contributed by atoms with E-state index in [4.69, 9.17) is 0 Å². The van der Waals surface area contributed by atoms with Crippen LogP contribution in [0.25, 0.3) is 0 Å². The topological polar surface area (TPSA) is 60.9 Å². The molecule has 190 valence electrons. The van der Waals surface area contributed by atoms with Crippen molar-refractivity contribution in [2.24, 2.45) is 11.3 Å². The van der Waals surface area contributed by atoms with Crippen LogP contribution in [0.2, 0.25) is 0 Å². The molecule has 2 bridgehead atoms. The summed E-state index contributed by atoms with van der Waals surface area (Å²) in [4.78, 5) is 31.0. The van der Waals surface area contributed by atoms with Crippen LogP contribution < -0.4 is 0 Å². The van der Waals surface area contributed by atoms with Crippen molar-refractivity contribution in [3.05, 3.63) is 71.8 Å². The van der Waals surface area contributed by atoms with E-state index in [9.17, 15) is 14.7 Å². The van der Waals surface area contributed by atoms with Crippen molar-refractivity contribution >= 4 is 11.9 Å². The standard InChI is InChI=1S/C31H38N2O3/c1-31(2,3)18-11-19-32(4)26-20-24-16-17-25(21-26)33(28(24)30(35)36)29(34)27(22-12-7-5-8-13-22)23-14-9-6-10-15-23/h5-10,12-15,24-28H,16-17,19-21H2,1-4H3,(H,35,36)/t24?,25-,26?,28-/m0/s1. The largest absolute Gasteiger partial charge is 0.480 e. The predicted octanol–water partition coefficient (Wildman–Crippen LogP) is 5.02. The number of hydrogen-bond donors (Lipinski definition) is 1. The van der Waals surface area contributed by atoms with E-state index in [2.05, 4.69) is 44.6 Å². The van der Waals surface area contributed by atoms with Gasteiger partial charge in [-0.05, 0) is 70.5 Å². The SMILES string of the molecule is CN(CC#CC(C)(C)C)C1CC2CC[C@@H](C1)N(C(=O)C(c1ccccc1)c1ccccc1)[C@@H]2C(=O)O. The van der Waals surface area contributed by atoms with Crippen molar-refractivity contribution in [1.82, 2.24) is 9.80 Å². The first-order valence-corrected chi connectivity index (χ1v) is 13.0. The highest BCUT2D eigenvalue weighted by molar-refractivity contribution is 5.91. The van der Waals surface area contributed by atoms with Crippen molar-refractivity contribution in [3.8, 4) is 11.8 Å². The average molecular weight is 487 g/mol. The second kappa shape index (κ2) is 10.9. The Hall–Kier alpha value is -3.10. The molecular formula is C31H38N2O3. The first-order valence-electron chi connectivity index (χ1n) is 13.0. The van der Waals surface area contributed by atoms with Crippen molar-refractivity contribution in [2.45, 2.75) is 70.5 Å². The fourth-order valence-electron chi connectivity index (χ4n) is 5.87. The second-order valence-electron chi connectivity index (χ2n) is 11.4. The molecule has 3 aliphatic rings. The summed E-state index contributed by atoms with van der Waals surface area (Å²) in [6, 6.07) is 18.8. The number of fused-ring (bicyclic) bond motifs is 4. The Morgan fingerprint density at radius 1 is 1.00 bits per heavy atom. The van der Waals surface area contributed by atoms with Gasteiger partial charge in [-0.15, -0.1) is 0 Å². The van der Waals surface area contributed by atoms with Gasteiger partial charge in [0, 0.05) is 17.5 Å². The number of amides is 1. The van der Waals surface area contributed by atoms with E-state index < -0.39 is 17.9 Å². The Morgan fingerprint density at radius 2 is 1.58 bits per heavy atom. The number of hydrogen-bond acceptors (Lipinski definition) is 3. The first kappa shape index (κ1) is 26.0. The molecule has 5 rings (SSSR count). The lowest BCUT2D eigenvalue weighted by molar-refractivity contribution is -0.157. The van der Waals surface area contributed by atoms with Crippen LogP contribution in [0.4, 0.5) is 0 Å². The molecular weight excluding hydrogens is 448 g/mol. The minimum atomic E-state index is -0.895. The van der Waals surface area contributed by atoms with E-state index in [-0.39, 0.29) is 29.3 Å². The van der Waals surface area contributed by atoms with E-state index in [1.54, 1.807) is 4.90 Å². The van der Waals surface area contributed by atoms with Gasteiger partial charge in [0.05, 0.1) is 12.5 Å². The van der Waals surface area contributed by atoms with Gasteiger partial charge in [-0.2, -0.15) is 0 Å². The molecule has 2 saturated heterocycles. The molecule has 1 N–H and O–H groups in total. The highest BCUT2D eigenvalue weighted by Gasteiger charge is 2.50. The zero-order valence-corrected chi connectivity index (χ0v) is 21.9. The summed E-state index contributed by atoms with van der Waals surface area (Å²) in [5.41, 5.74) is 1.73. The molecule has 1 amide bonds. The quantitative estimate of drug-likeness (QED) is 0.583. The van der Waals surface area contributed by atoms with Crippen molar-refractivity contribution in [1.29, 1.82) is 0 Å². The van der Waals surface area contributed by atoms with Gasteiger partial charge in [-0.1, -0.05) is 72.5 Å².